The van der Waals surface area contributed by atoms with Crippen LogP contribution in [-0.4, -0.2) is 22.6 Å². The monoisotopic (exact) mass is 196 g/mol. The molecule has 50 valence electrons. The minimum Gasteiger partial charge on any atom is -0.367 e. The number of rotatable bonds is 0. The Hall–Kier alpha value is 0.657. The van der Waals surface area contributed by atoms with E-state index in [9.17, 15) is 0 Å². The molecule has 0 aromatic carbocycles. The molecular weight excluding hydrogens is 184 g/mol. The van der Waals surface area contributed by atoms with E-state index in [0.29, 0.717) is 5.01 Å². The number of hydrogen-bond acceptors (Lipinski definition) is 1. The van der Waals surface area contributed by atoms with Crippen molar-refractivity contribution in [3.63, 3.8) is 0 Å². The van der Waals surface area contributed by atoms with Crippen LogP contribution in [0.1, 0.15) is 19.3 Å². The van der Waals surface area contributed by atoms with Gasteiger partial charge in [-0.15, -0.1) is 0 Å². The molecule has 0 aliphatic carbocycles. The molecule has 0 amide bonds. The Bertz CT molecular complexity index is 54.4. The van der Waals surface area contributed by atoms with Crippen molar-refractivity contribution in [2.45, 2.75) is 24.3 Å². The van der Waals surface area contributed by atoms with Gasteiger partial charge in [0, 0.05) is 6.61 Å². The van der Waals surface area contributed by atoms with Gasteiger partial charge in [-0.2, -0.15) is 0 Å². The summed E-state index contributed by atoms with van der Waals surface area (Å²) in [7, 11) is 0. The highest BCUT2D eigenvalue weighted by Crippen LogP contribution is 2.16. The predicted octanol–water partition coefficient (Wildman–Crippen LogP) is 0.456. The third-order valence-corrected chi connectivity index (χ3v) is 1.85. The first kappa shape index (κ1) is 8.66. The maximum absolute atomic E-state index is 5.19. The van der Waals surface area contributed by atoms with Crippen LogP contribution < -0.4 is 0 Å². The molecule has 1 nitrogen and oxygen atoms in total. The van der Waals surface area contributed by atoms with E-state index in [4.69, 9.17) is 4.74 Å². The maximum atomic E-state index is 5.19. The minimum atomic E-state index is 0. The Kier molecular flexibility index (Phi) is 4.90. The Morgan fingerprint density at radius 3 is 2.38 bits per heavy atom. The quantitative estimate of drug-likeness (QED) is 0.405. The molecule has 1 atom stereocenters. The van der Waals surface area contributed by atoms with Crippen molar-refractivity contribution in [1.29, 1.82) is 0 Å². The molecule has 0 saturated carbocycles. The molecular formula is C5H13BrOSi. The highest BCUT2D eigenvalue weighted by Gasteiger charge is 2.07. The van der Waals surface area contributed by atoms with Gasteiger partial charge in [0.05, 0.1) is 0 Å². The van der Waals surface area contributed by atoms with Crippen LogP contribution in [0, 0.1) is 0 Å². The van der Waals surface area contributed by atoms with Crippen molar-refractivity contribution in [3.8, 4) is 0 Å². The van der Waals surface area contributed by atoms with E-state index in [1.807, 2.05) is 0 Å². The second-order valence-electron chi connectivity index (χ2n) is 1.78. The fourth-order valence-electron chi connectivity index (χ4n) is 0.701. The van der Waals surface area contributed by atoms with Gasteiger partial charge in [-0.3, -0.25) is 0 Å². The summed E-state index contributed by atoms with van der Waals surface area (Å²) in [5.74, 6) is 0. The largest absolute Gasteiger partial charge is 0.367 e. The molecule has 1 heterocycles. The molecule has 0 radical (unpaired) electrons. The van der Waals surface area contributed by atoms with E-state index in [0.717, 1.165) is 6.61 Å². The van der Waals surface area contributed by atoms with Gasteiger partial charge in [-0.1, -0.05) is 15.9 Å². The van der Waals surface area contributed by atoms with Gasteiger partial charge in [0.15, 0.2) is 0 Å². The van der Waals surface area contributed by atoms with Crippen LogP contribution in [-0.2, 0) is 4.74 Å². The van der Waals surface area contributed by atoms with Gasteiger partial charge in [0.1, 0.15) is 5.01 Å². The first-order valence-electron chi connectivity index (χ1n) is 2.65. The standard InChI is InChI=1S/C5H9BrO.H4Si/c6-5-3-1-2-4-7-5;/h5H,1-4H2;1H4. The van der Waals surface area contributed by atoms with Gasteiger partial charge >= 0.3 is 0 Å². The van der Waals surface area contributed by atoms with Crippen LogP contribution in [0.15, 0.2) is 0 Å². The normalized spacial score (nSPS) is 28.9. The second kappa shape index (κ2) is 4.53. The molecule has 3 heteroatoms. The average Bonchev–Trinajstić information content (AvgIpc) is 1.69. The first-order chi connectivity index (χ1) is 3.39. The number of halogens is 1. The lowest BCUT2D eigenvalue weighted by atomic mass is 10.2. The zero-order chi connectivity index (χ0) is 5.11. The average molecular weight is 197 g/mol. The third kappa shape index (κ3) is 2.84. The van der Waals surface area contributed by atoms with E-state index in [2.05, 4.69) is 15.9 Å². The van der Waals surface area contributed by atoms with Crippen LogP contribution in [0.25, 0.3) is 0 Å². The first-order valence-corrected chi connectivity index (χ1v) is 3.57. The van der Waals surface area contributed by atoms with Gasteiger partial charge in [0.2, 0.25) is 0 Å². The Morgan fingerprint density at radius 1 is 1.38 bits per heavy atom. The third-order valence-electron chi connectivity index (χ3n) is 1.12. The molecule has 1 aliphatic heterocycles. The molecule has 1 saturated heterocycles. The molecule has 1 unspecified atom stereocenters. The zero-order valence-electron chi connectivity index (χ0n) is 4.19. The highest BCUT2D eigenvalue weighted by atomic mass is 79.9. The van der Waals surface area contributed by atoms with E-state index in [-0.39, 0.29) is 11.0 Å². The van der Waals surface area contributed by atoms with Crippen molar-refractivity contribution in [3.05, 3.63) is 0 Å². The number of ether oxygens (including phenoxy) is 1. The number of hydrogen-bond donors (Lipinski definition) is 0. The lowest BCUT2D eigenvalue weighted by molar-refractivity contribution is 0.0772. The van der Waals surface area contributed by atoms with E-state index in [1.165, 1.54) is 19.3 Å². The van der Waals surface area contributed by atoms with Crippen LogP contribution in [0.4, 0.5) is 0 Å². The molecule has 1 aliphatic rings. The second-order valence-corrected chi connectivity index (χ2v) is 2.80. The molecule has 0 N–H and O–H groups in total. The van der Waals surface area contributed by atoms with Crippen molar-refractivity contribution >= 4 is 26.9 Å². The molecule has 1 rings (SSSR count). The van der Waals surface area contributed by atoms with Gasteiger partial charge in [0.25, 0.3) is 0 Å². The minimum absolute atomic E-state index is 0. The summed E-state index contributed by atoms with van der Waals surface area (Å²) in [5.41, 5.74) is 0. The molecule has 8 heavy (non-hydrogen) atoms. The molecule has 0 aromatic heterocycles. The van der Waals surface area contributed by atoms with Crippen molar-refractivity contribution in [2.75, 3.05) is 6.61 Å². The molecule has 0 spiro atoms. The van der Waals surface area contributed by atoms with Crippen LogP contribution >= 0.6 is 15.9 Å². The topological polar surface area (TPSA) is 9.23 Å². The van der Waals surface area contributed by atoms with Crippen molar-refractivity contribution < 1.29 is 4.74 Å². The predicted molar refractivity (Wildman–Crippen MR) is 43.9 cm³/mol. The van der Waals surface area contributed by atoms with Gasteiger partial charge in [-0.25, -0.2) is 0 Å². The van der Waals surface area contributed by atoms with Crippen LogP contribution in [0.3, 0.4) is 0 Å². The van der Waals surface area contributed by atoms with Gasteiger partial charge in [-0.05, 0) is 30.2 Å². The van der Waals surface area contributed by atoms with E-state index >= 15 is 0 Å². The Balaban J connectivity index is 0.000000490. The lowest BCUT2D eigenvalue weighted by Gasteiger charge is -2.15. The summed E-state index contributed by atoms with van der Waals surface area (Å²) in [6.07, 6.45) is 3.73. The smallest absolute Gasteiger partial charge is 0.112 e. The fourth-order valence-corrected chi connectivity index (χ4v) is 1.21. The summed E-state index contributed by atoms with van der Waals surface area (Å²) in [5, 5.41) is 0.348. The molecule has 0 bridgehead atoms. The van der Waals surface area contributed by atoms with Crippen molar-refractivity contribution in [2.24, 2.45) is 0 Å². The molecule has 1 fully saturated rings. The summed E-state index contributed by atoms with van der Waals surface area (Å²) >= 11 is 3.37. The van der Waals surface area contributed by atoms with Crippen LogP contribution in [0.2, 0.25) is 0 Å². The summed E-state index contributed by atoms with van der Waals surface area (Å²) < 4.78 is 5.19. The van der Waals surface area contributed by atoms with E-state index in [1.54, 1.807) is 0 Å². The fraction of sp³-hybridized carbons (Fsp3) is 1.00. The summed E-state index contributed by atoms with van der Waals surface area (Å²) in [4.78, 5) is 0. The summed E-state index contributed by atoms with van der Waals surface area (Å²) in [6, 6.07) is 0. The Labute approximate surface area is 62.9 Å². The lowest BCUT2D eigenvalue weighted by Crippen LogP contribution is -2.11. The van der Waals surface area contributed by atoms with Gasteiger partial charge < -0.3 is 4.74 Å². The summed E-state index contributed by atoms with van der Waals surface area (Å²) in [6.45, 7) is 0.940. The maximum Gasteiger partial charge on any atom is 0.112 e. The highest BCUT2D eigenvalue weighted by molar-refractivity contribution is 9.09. The number of alkyl halides is 1. The van der Waals surface area contributed by atoms with Crippen LogP contribution in [0.5, 0.6) is 0 Å². The SMILES string of the molecule is BrC1CCCCO1.[SiH4]. The molecule has 0 aromatic rings. The zero-order valence-corrected chi connectivity index (χ0v) is 5.78. The van der Waals surface area contributed by atoms with Crippen molar-refractivity contribution in [1.82, 2.24) is 0 Å². The Morgan fingerprint density at radius 2 is 2.12 bits per heavy atom. The van der Waals surface area contributed by atoms with E-state index < -0.39 is 0 Å².